The number of likely N-dealkylation sites (N-methyl/N-ethyl adjacent to an activating group) is 1. The first-order chi connectivity index (χ1) is 10.1. The van der Waals surface area contributed by atoms with Crippen LogP contribution in [0.4, 0.5) is 10.1 Å². The van der Waals surface area contributed by atoms with Crippen LogP contribution in [0, 0.1) is 5.82 Å². The summed E-state index contributed by atoms with van der Waals surface area (Å²) in [6.45, 7) is 5.84. The zero-order chi connectivity index (χ0) is 15.2. The summed E-state index contributed by atoms with van der Waals surface area (Å²) in [7, 11) is 2.08. The molecule has 2 aromatic rings. The molecule has 1 atom stereocenters. The molecule has 1 unspecified atom stereocenters. The van der Waals surface area contributed by atoms with Gasteiger partial charge in [-0.1, -0.05) is 13.0 Å². The molecule has 0 fully saturated rings. The zero-order valence-electron chi connectivity index (χ0n) is 12.9. The average molecular weight is 306 g/mol. The van der Waals surface area contributed by atoms with Crippen molar-refractivity contribution in [3.63, 3.8) is 0 Å². The average Bonchev–Trinajstić information content (AvgIpc) is 2.97. The van der Waals surface area contributed by atoms with E-state index in [1.54, 1.807) is 23.5 Å². The van der Waals surface area contributed by atoms with Crippen LogP contribution in [0.2, 0.25) is 0 Å². The lowest BCUT2D eigenvalue weighted by Crippen LogP contribution is -2.31. The van der Waals surface area contributed by atoms with Crippen LogP contribution >= 0.6 is 11.3 Å². The highest BCUT2D eigenvalue weighted by Crippen LogP contribution is 2.24. The fourth-order valence-electron chi connectivity index (χ4n) is 2.39. The van der Waals surface area contributed by atoms with E-state index in [0.717, 1.165) is 24.2 Å². The molecule has 0 aliphatic heterocycles. The van der Waals surface area contributed by atoms with Crippen LogP contribution < -0.4 is 10.2 Å². The number of anilines is 1. The Bertz CT molecular complexity index is 554. The Morgan fingerprint density at radius 1 is 1.33 bits per heavy atom. The summed E-state index contributed by atoms with van der Waals surface area (Å²) in [5.41, 5.74) is 2.11. The van der Waals surface area contributed by atoms with Gasteiger partial charge in [0.2, 0.25) is 0 Å². The predicted molar refractivity (Wildman–Crippen MR) is 89.7 cm³/mol. The molecule has 1 aromatic carbocycles. The molecule has 114 valence electrons. The number of nitrogens with zero attached hydrogens (tertiary/aromatic N) is 1. The van der Waals surface area contributed by atoms with Crippen LogP contribution in [0.15, 0.2) is 35.7 Å². The monoisotopic (exact) mass is 306 g/mol. The normalized spacial score (nSPS) is 12.4. The first-order valence-electron chi connectivity index (χ1n) is 7.36. The van der Waals surface area contributed by atoms with E-state index in [0.29, 0.717) is 12.6 Å². The first-order valence-corrected chi connectivity index (χ1v) is 8.24. The molecule has 0 saturated carbocycles. The van der Waals surface area contributed by atoms with Gasteiger partial charge in [0.15, 0.2) is 0 Å². The van der Waals surface area contributed by atoms with E-state index >= 15 is 0 Å². The van der Waals surface area contributed by atoms with Gasteiger partial charge in [0, 0.05) is 36.6 Å². The lowest BCUT2D eigenvalue weighted by molar-refractivity contribution is 0.618. The minimum absolute atomic E-state index is 0.175. The fourth-order valence-corrected chi connectivity index (χ4v) is 3.22. The Labute approximate surface area is 130 Å². The van der Waals surface area contributed by atoms with Crippen molar-refractivity contribution in [2.75, 3.05) is 18.5 Å². The van der Waals surface area contributed by atoms with Gasteiger partial charge in [0.1, 0.15) is 5.82 Å². The van der Waals surface area contributed by atoms with Gasteiger partial charge in [-0.3, -0.25) is 0 Å². The van der Waals surface area contributed by atoms with E-state index in [-0.39, 0.29) is 5.82 Å². The molecular formula is C17H23FN2S. The van der Waals surface area contributed by atoms with Crippen molar-refractivity contribution in [3.8, 4) is 0 Å². The predicted octanol–water partition coefficient (Wildman–Crippen LogP) is 4.06. The van der Waals surface area contributed by atoms with Crippen LogP contribution in [0.3, 0.4) is 0 Å². The van der Waals surface area contributed by atoms with Gasteiger partial charge in [-0.15, -0.1) is 11.3 Å². The highest BCUT2D eigenvalue weighted by Gasteiger charge is 2.15. The molecule has 4 heteroatoms. The molecule has 0 saturated heterocycles. The fraction of sp³-hybridized carbons (Fsp3) is 0.412. The maximum absolute atomic E-state index is 13.5. The second-order valence-corrected chi connectivity index (χ2v) is 6.33. The van der Waals surface area contributed by atoms with Crippen molar-refractivity contribution < 1.29 is 4.39 Å². The number of nitrogens with one attached hydrogen (secondary N) is 1. The maximum Gasteiger partial charge on any atom is 0.123 e. The summed E-state index contributed by atoms with van der Waals surface area (Å²) in [6, 6.07) is 9.67. The minimum Gasteiger partial charge on any atom is -0.371 e. The largest absolute Gasteiger partial charge is 0.371 e. The van der Waals surface area contributed by atoms with Crippen LogP contribution in [0.5, 0.6) is 0 Å². The number of thiophene rings is 1. The molecule has 0 radical (unpaired) electrons. The van der Waals surface area contributed by atoms with Crippen molar-refractivity contribution in [1.82, 2.24) is 5.32 Å². The Kier molecular flexibility index (Phi) is 5.76. The summed E-state index contributed by atoms with van der Waals surface area (Å²) < 4.78 is 13.5. The zero-order valence-corrected chi connectivity index (χ0v) is 13.7. The number of rotatable bonds is 7. The Hall–Kier alpha value is -1.39. The number of halogens is 1. The van der Waals surface area contributed by atoms with Crippen LogP contribution in [-0.2, 0) is 13.0 Å². The van der Waals surface area contributed by atoms with Gasteiger partial charge in [-0.2, -0.15) is 0 Å². The highest BCUT2D eigenvalue weighted by atomic mass is 32.1. The number of hydrogen-bond donors (Lipinski definition) is 1. The summed E-state index contributed by atoms with van der Waals surface area (Å²) in [4.78, 5) is 3.62. The van der Waals surface area contributed by atoms with Gasteiger partial charge in [-0.25, -0.2) is 4.39 Å². The molecule has 0 aliphatic rings. The van der Waals surface area contributed by atoms with Gasteiger partial charge in [-0.05, 0) is 48.7 Å². The van der Waals surface area contributed by atoms with E-state index in [1.165, 1.54) is 4.88 Å². The molecule has 2 nitrogen and oxygen atoms in total. The van der Waals surface area contributed by atoms with E-state index in [1.807, 2.05) is 6.07 Å². The van der Waals surface area contributed by atoms with Crippen molar-refractivity contribution in [3.05, 3.63) is 52.0 Å². The molecule has 0 spiro atoms. The number of hydrogen-bond acceptors (Lipinski definition) is 3. The smallest absolute Gasteiger partial charge is 0.123 e. The van der Waals surface area contributed by atoms with Crippen molar-refractivity contribution >= 4 is 17.0 Å². The topological polar surface area (TPSA) is 15.3 Å². The molecule has 1 aromatic heterocycles. The highest BCUT2D eigenvalue weighted by molar-refractivity contribution is 7.09. The van der Waals surface area contributed by atoms with Gasteiger partial charge < -0.3 is 10.2 Å². The Balaban J connectivity index is 2.15. The molecular weight excluding hydrogens is 283 g/mol. The van der Waals surface area contributed by atoms with E-state index in [9.17, 15) is 4.39 Å². The second kappa shape index (κ2) is 7.57. The van der Waals surface area contributed by atoms with E-state index < -0.39 is 0 Å². The summed E-state index contributed by atoms with van der Waals surface area (Å²) in [5.74, 6) is -0.175. The third kappa shape index (κ3) is 4.29. The maximum atomic E-state index is 13.5. The third-order valence-corrected chi connectivity index (χ3v) is 4.62. The lowest BCUT2D eigenvalue weighted by atomic mass is 10.1. The number of benzene rings is 1. The minimum atomic E-state index is -0.175. The summed E-state index contributed by atoms with van der Waals surface area (Å²) in [5, 5.41) is 5.39. The Morgan fingerprint density at radius 2 is 2.14 bits per heavy atom. The summed E-state index contributed by atoms with van der Waals surface area (Å²) >= 11 is 1.79. The molecule has 1 N–H and O–H groups in total. The van der Waals surface area contributed by atoms with Crippen molar-refractivity contribution in [2.24, 2.45) is 0 Å². The van der Waals surface area contributed by atoms with Gasteiger partial charge >= 0.3 is 0 Å². The van der Waals surface area contributed by atoms with Crippen LogP contribution in [-0.4, -0.2) is 19.6 Å². The van der Waals surface area contributed by atoms with E-state index in [4.69, 9.17) is 0 Å². The van der Waals surface area contributed by atoms with E-state index in [2.05, 4.69) is 48.6 Å². The SMILES string of the molecule is CCNCc1cc(F)ccc1N(C)C(C)Cc1cccs1. The quantitative estimate of drug-likeness (QED) is 0.829. The van der Waals surface area contributed by atoms with Gasteiger partial charge in [0.25, 0.3) is 0 Å². The van der Waals surface area contributed by atoms with Crippen LogP contribution in [0.25, 0.3) is 0 Å². The Morgan fingerprint density at radius 3 is 2.81 bits per heavy atom. The van der Waals surface area contributed by atoms with Crippen molar-refractivity contribution in [1.29, 1.82) is 0 Å². The molecule has 0 aliphatic carbocycles. The molecule has 0 amide bonds. The molecule has 21 heavy (non-hydrogen) atoms. The third-order valence-electron chi connectivity index (χ3n) is 3.72. The lowest BCUT2D eigenvalue weighted by Gasteiger charge is -2.29. The second-order valence-electron chi connectivity index (χ2n) is 5.30. The van der Waals surface area contributed by atoms with Crippen molar-refractivity contribution in [2.45, 2.75) is 32.9 Å². The molecule has 1 heterocycles. The first kappa shape index (κ1) is 16.0. The van der Waals surface area contributed by atoms with Gasteiger partial charge in [0.05, 0.1) is 0 Å². The standard InChI is InChI=1S/C17H23FN2S/c1-4-19-12-14-11-15(18)7-8-17(14)20(3)13(2)10-16-6-5-9-21-16/h5-9,11,13,19H,4,10,12H2,1-3H3. The summed E-state index contributed by atoms with van der Waals surface area (Å²) in [6.07, 6.45) is 1.01. The van der Waals surface area contributed by atoms with Crippen LogP contribution in [0.1, 0.15) is 24.3 Å². The molecule has 2 rings (SSSR count). The molecule has 0 bridgehead atoms.